The van der Waals surface area contributed by atoms with Gasteiger partial charge < -0.3 is 15.4 Å². The lowest BCUT2D eigenvalue weighted by atomic mass is 10.2. The van der Waals surface area contributed by atoms with Crippen LogP contribution in [0.25, 0.3) is 0 Å². The van der Waals surface area contributed by atoms with Crippen molar-refractivity contribution in [3.8, 4) is 0 Å². The number of nitrogens with one attached hydrogen (secondary N) is 2. The third kappa shape index (κ3) is 4.06. The van der Waals surface area contributed by atoms with Gasteiger partial charge in [0.25, 0.3) is 0 Å². The largest absolute Gasteiger partial charge is 0.366 e. The van der Waals surface area contributed by atoms with Gasteiger partial charge in [0.1, 0.15) is 6.10 Å². The molecule has 17 heavy (non-hydrogen) atoms. The average molecular weight is 319 g/mol. The van der Waals surface area contributed by atoms with Crippen LogP contribution in [-0.4, -0.2) is 38.3 Å². The summed E-state index contributed by atoms with van der Waals surface area (Å²) in [6.07, 6.45) is 0.529. The fourth-order valence-electron chi connectivity index (χ4n) is 1.64. The first-order valence-corrected chi connectivity index (χ1v) is 7.21. The second kappa shape index (κ2) is 6.49. The van der Waals surface area contributed by atoms with Crippen molar-refractivity contribution >= 4 is 33.2 Å². The quantitative estimate of drug-likeness (QED) is 0.876. The molecular weight excluding hydrogens is 304 g/mol. The third-order valence-electron chi connectivity index (χ3n) is 2.52. The molecule has 4 nitrogen and oxygen atoms in total. The summed E-state index contributed by atoms with van der Waals surface area (Å²) in [5.74, 6) is -0.0205. The van der Waals surface area contributed by atoms with E-state index in [-0.39, 0.29) is 12.0 Å². The molecule has 1 fully saturated rings. The number of ether oxygens (including phenoxy) is 1. The van der Waals surface area contributed by atoms with E-state index in [2.05, 4.69) is 32.6 Å². The van der Waals surface area contributed by atoms with E-state index in [1.54, 1.807) is 11.3 Å². The lowest BCUT2D eigenvalue weighted by Crippen LogP contribution is -2.48. The molecule has 1 unspecified atom stereocenters. The fraction of sp³-hybridized carbons (Fsp3) is 0.545. The number of carbonyl (C=O) groups excluding carboxylic acids is 1. The Labute approximate surface area is 113 Å². The van der Waals surface area contributed by atoms with E-state index in [1.165, 1.54) is 4.88 Å². The minimum atomic E-state index is -0.334. The van der Waals surface area contributed by atoms with Crippen LogP contribution in [0.3, 0.4) is 0 Å². The van der Waals surface area contributed by atoms with Gasteiger partial charge in [0.2, 0.25) is 5.91 Å². The Morgan fingerprint density at radius 1 is 1.65 bits per heavy atom. The van der Waals surface area contributed by atoms with Crippen molar-refractivity contribution in [2.45, 2.75) is 12.5 Å². The van der Waals surface area contributed by atoms with Crippen molar-refractivity contribution in [1.82, 2.24) is 10.6 Å². The van der Waals surface area contributed by atoms with Crippen LogP contribution in [0.5, 0.6) is 0 Å². The molecule has 0 bridgehead atoms. The van der Waals surface area contributed by atoms with E-state index in [1.807, 2.05) is 6.07 Å². The molecule has 0 aliphatic carbocycles. The molecular formula is C11H15BrN2O2S. The summed E-state index contributed by atoms with van der Waals surface area (Å²) in [4.78, 5) is 13.0. The van der Waals surface area contributed by atoms with Gasteiger partial charge >= 0.3 is 0 Å². The Hall–Kier alpha value is -0.430. The van der Waals surface area contributed by atoms with Crippen LogP contribution < -0.4 is 10.6 Å². The molecule has 2 rings (SSSR count). The molecule has 1 aromatic rings. The Bertz CT molecular complexity index is 377. The number of hydrogen-bond donors (Lipinski definition) is 2. The summed E-state index contributed by atoms with van der Waals surface area (Å²) >= 11 is 5.12. The molecule has 2 N–H and O–H groups in total. The van der Waals surface area contributed by atoms with Crippen LogP contribution in [0.2, 0.25) is 0 Å². The van der Waals surface area contributed by atoms with E-state index >= 15 is 0 Å². The van der Waals surface area contributed by atoms with Crippen LogP contribution in [0.4, 0.5) is 0 Å². The highest BCUT2D eigenvalue weighted by atomic mass is 79.9. The van der Waals surface area contributed by atoms with Crippen LogP contribution in [0.15, 0.2) is 15.9 Å². The van der Waals surface area contributed by atoms with Gasteiger partial charge in [0, 0.05) is 24.5 Å². The fourth-order valence-corrected chi connectivity index (χ4v) is 3.13. The number of amides is 1. The lowest BCUT2D eigenvalue weighted by Gasteiger charge is -2.22. The van der Waals surface area contributed by atoms with Gasteiger partial charge in [0.05, 0.1) is 10.4 Å². The molecule has 1 atom stereocenters. The molecule has 0 radical (unpaired) electrons. The highest BCUT2D eigenvalue weighted by Gasteiger charge is 2.20. The first-order chi connectivity index (χ1) is 8.25. The number of halogens is 1. The maximum atomic E-state index is 11.7. The SMILES string of the molecule is O=C(NCCc1ccc(Br)s1)C1CNCCO1. The zero-order chi connectivity index (χ0) is 12.1. The molecule has 2 heterocycles. The van der Waals surface area contributed by atoms with Crippen molar-refractivity contribution in [2.24, 2.45) is 0 Å². The van der Waals surface area contributed by atoms with Gasteiger partial charge in [-0.25, -0.2) is 0 Å². The minimum absolute atomic E-state index is 0.0205. The second-order valence-electron chi connectivity index (χ2n) is 3.81. The van der Waals surface area contributed by atoms with Crippen molar-refractivity contribution in [1.29, 1.82) is 0 Å². The molecule has 6 heteroatoms. The predicted octanol–water partition coefficient (Wildman–Crippen LogP) is 1.16. The van der Waals surface area contributed by atoms with Gasteiger partial charge in [0.15, 0.2) is 0 Å². The van der Waals surface area contributed by atoms with Gasteiger partial charge in [-0.15, -0.1) is 11.3 Å². The molecule has 1 aliphatic heterocycles. The summed E-state index contributed by atoms with van der Waals surface area (Å²) in [6.45, 7) is 2.70. The van der Waals surface area contributed by atoms with Crippen LogP contribution in [0.1, 0.15) is 4.88 Å². The molecule has 1 aromatic heterocycles. The Morgan fingerprint density at radius 2 is 2.53 bits per heavy atom. The number of thiophene rings is 1. The van der Waals surface area contributed by atoms with Gasteiger partial charge in [-0.2, -0.15) is 0 Å². The third-order valence-corrected chi connectivity index (χ3v) is 4.20. The first kappa shape index (κ1) is 13.0. The Morgan fingerprint density at radius 3 is 3.18 bits per heavy atom. The topological polar surface area (TPSA) is 50.4 Å². The van der Waals surface area contributed by atoms with E-state index in [0.717, 1.165) is 16.8 Å². The zero-order valence-electron chi connectivity index (χ0n) is 9.37. The number of rotatable bonds is 4. The second-order valence-corrected chi connectivity index (χ2v) is 6.36. The summed E-state index contributed by atoms with van der Waals surface area (Å²) < 4.78 is 6.49. The molecule has 0 spiro atoms. The molecule has 1 saturated heterocycles. The number of hydrogen-bond acceptors (Lipinski definition) is 4. The van der Waals surface area contributed by atoms with Crippen molar-refractivity contribution < 1.29 is 9.53 Å². The number of morpholine rings is 1. The highest BCUT2D eigenvalue weighted by Crippen LogP contribution is 2.21. The van der Waals surface area contributed by atoms with Crippen LogP contribution in [0, 0.1) is 0 Å². The first-order valence-electron chi connectivity index (χ1n) is 5.60. The zero-order valence-corrected chi connectivity index (χ0v) is 11.8. The maximum Gasteiger partial charge on any atom is 0.250 e. The van der Waals surface area contributed by atoms with E-state index in [4.69, 9.17) is 4.74 Å². The van der Waals surface area contributed by atoms with Crippen LogP contribution >= 0.6 is 27.3 Å². The standard InChI is InChI=1S/C11H15BrN2O2S/c12-10-2-1-8(17-10)3-4-14-11(15)9-7-13-5-6-16-9/h1-2,9,13H,3-7H2,(H,14,15). The predicted molar refractivity (Wildman–Crippen MR) is 71.3 cm³/mol. The number of carbonyl (C=O) groups is 1. The minimum Gasteiger partial charge on any atom is -0.366 e. The molecule has 0 aromatic carbocycles. The summed E-state index contributed by atoms with van der Waals surface area (Å²) in [6, 6.07) is 4.09. The summed E-state index contributed by atoms with van der Waals surface area (Å²) in [5, 5.41) is 6.03. The maximum absolute atomic E-state index is 11.7. The Kier molecular flexibility index (Phi) is 4.97. The summed E-state index contributed by atoms with van der Waals surface area (Å²) in [5.41, 5.74) is 0. The van der Waals surface area contributed by atoms with Crippen molar-refractivity contribution in [2.75, 3.05) is 26.2 Å². The molecule has 1 amide bonds. The van der Waals surface area contributed by atoms with E-state index in [0.29, 0.717) is 19.7 Å². The van der Waals surface area contributed by atoms with E-state index < -0.39 is 0 Å². The van der Waals surface area contributed by atoms with Gasteiger partial charge in [-0.05, 0) is 34.5 Å². The van der Waals surface area contributed by atoms with Gasteiger partial charge in [-0.3, -0.25) is 4.79 Å². The van der Waals surface area contributed by atoms with Gasteiger partial charge in [-0.1, -0.05) is 0 Å². The smallest absolute Gasteiger partial charge is 0.250 e. The highest BCUT2D eigenvalue weighted by molar-refractivity contribution is 9.11. The van der Waals surface area contributed by atoms with E-state index in [9.17, 15) is 4.79 Å². The molecule has 1 aliphatic rings. The lowest BCUT2D eigenvalue weighted by molar-refractivity contribution is -0.134. The normalized spacial score (nSPS) is 20.2. The monoisotopic (exact) mass is 318 g/mol. The summed E-state index contributed by atoms with van der Waals surface area (Å²) in [7, 11) is 0. The Balaban J connectivity index is 1.69. The molecule has 94 valence electrons. The van der Waals surface area contributed by atoms with Crippen LogP contribution in [-0.2, 0) is 16.0 Å². The average Bonchev–Trinajstić information content (AvgIpc) is 2.76. The van der Waals surface area contributed by atoms with Crippen molar-refractivity contribution in [3.05, 3.63) is 20.8 Å². The molecule has 0 saturated carbocycles. The van der Waals surface area contributed by atoms with Crippen molar-refractivity contribution in [3.63, 3.8) is 0 Å².